The minimum absolute atomic E-state index is 0.0963. The van der Waals surface area contributed by atoms with E-state index in [1.54, 1.807) is 0 Å². The number of unbranched alkanes of at least 4 members (excludes halogenated alkanes) is 17. The Morgan fingerprint density at radius 2 is 1.23 bits per heavy atom. The molecular formula is C35H68NO7P. The maximum Gasteiger partial charge on any atom is 0.472 e. The van der Waals surface area contributed by atoms with E-state index in [9.17, 15) is 14.3 Å². The van der Waals surface area contributed by atoms with Gasteiger partial charge in [0.15, 0.2) is 0 Å². The molecule has 0 aliphatic carbocycles. The molecule has 9 heteroatoms. The molecule has 0 bridgehead atoms. The van der Waals surface area contributed by atoms with Crippen molar-refractivity contribution in [1.29, 1.82) is 0 Å². The van der Waals surface area contributed by atoms with Crippen molar-refractivity contribution in [3.63, 3.8) is 0 Å². The third-order valence-corrected chi connectivity index (χ3v) is 8.36. The van der Waals surface area contributed by atoms with Crippen LogP contribution in [0.2, 0.25) is 0 Å². The van der Waals surface area contributed by atoms with Crippen LogP contribution in [-0.4, -0.2) is 49.9 Å². The summed E-state index contributed by atoms with van der Waals surface area (Å²) < 4.78 is 33.2. The number of rotatable bonds is 34. The van der Waals surface area contributed by atoms with E-state index in [2.05, 4.69) is 38.2 Å². The van der Waals surface area contributed by atoms with Crippen LogP contribution < -0.4 is 5.73 Å². The summed E-state index contributed by atoms with van der Waals surface area (Å²) in [5.41, 5.74) is 5.34. The van der Waals surface area contributed by atoms with Crippen LogP contribution in [-0.2, 0) is 27.9 Å². The van der Waals surface area contributed by atoms with E-state index in [1.807, 2.05) is 0 Å². The van der Waals surface area contributed by atoms with Crippen molar-refractivity contribution in [3.8, 4) is 0 Å². The molecule has 260 valence electrons. The largest absolute Gasteiger partial charge is 0.472 e. The van der Waals surface area contributed by atoms with Gasteiger partial charge in [-0.15, -0.1) is 0 Å². The number of nitrogens with two attached hydrogens (primary N) is 1. The van der Waals surface area contributed by atoms with E-state index in [0.717, 1.165) is 44.9 Å². The third-order valence-electron chi connectivity index (χ3n) is 7.37. The normalized spacial score (nSPS) is 14.0. The summed E-state index contributed by atoms with van der Waals surface area (Å²) in [7, 11) is -4.26. The molecule has 3 N–H and O–H groups in total. The summed E-state index contributed by atoms with van der Waals surface area (Å²) in [5, 5.41) is 0. The van der Waals surface area contributed by atoms with E-state index in [4.69, 9.17) is 24.3 Å². The molecule has 0 aromatic rings. The summed E-state index contributed by atoms with van der Waals surface area (Å²) in [4.78, 5) is 22.3. The Kier molecular flexibility index (Phi) is 32.6. The Hall–Kier alpha value is -1.02. The highest BCUT2D eigenvalue weighted by molar-refractivity contribution is 7.47. The second-order valence-corrected chi connectivity index (χ2v) is 13.2. The number of carbonyl (C=O) groups excluding carboxylic acids is 1. The number of hydrogen-bond donors (Lipinski definition) is 2. The van der Waals surface area contributed by atoms with Crippen molar-refractivity contribution >= 4 is 13.8 Å². The molecular weight excluding hydrogens is 577 g/mol. The van der Waals surface area contributed by atoms with Gasteiger partial charge in [-0.2, -0.15) is 0 Å². The van der Waals surface area contributed by atoms with Crippen LogP contribution in [0.25, 0.3) is 0 Å². The van der Waals surface area contributed by atoms with Gasteiger partial charge in [0.25, 0.3) is 0 Å². The molecule has 2 unspecified atom stereocenters. The molecule has 0 aromatic heterocycles. The SMILES string of the molecule is CCCC/C=C\C/C=C\CCCCCCCCOCC(COP(=O)(O)OCCN)OC(=O)CCCCCCCCCCCC. The van der Waals surface area contributed by atoms with Crippen molar-refractivity contribution < 1.29 is 32.8 Å². The summed E-state index contributed by atoms with van der Waals surface area (Å²) in [6.45, 7) is 4.84. The van der Waals surface area contributed by atoms with Crippen molar-refractivity contribution in [3.05, 3.63) is 24.3 Å². The highest BCUT2D eigenvalue weighted by atomic mass is 31.2. The lowest BCUT2D eigenvalue weighted by Gasteiger charge is -2.20. The predicted molar refractivity (Wildman–Crippen MR) is 183 cm³/mol. The second kappa shape index (κ2) is 33.3. The summed E-state index contributed by atoms with van der Waals surface area (Å²) in [6.07, 6.45) is 33.3. The molecule has 0 saturated heterocycles. The molecule has 0 aliphatic heterocycles. The summed E-state index contributed by atoms with van der Waals surface area (Å²) in [6, 6.07) is 0. The average molecular weight is 646 g/mol. The zero-order valence-electron chi connectivity index (χ0n) is 28.4. The Morgan fingerprint density at radius 1 is 0.682 bits per heavy atom. The third kappa shape index (κ3) is 32.4. The minimum atomic E-state index is -4.26. The molecule has 0 fully saturated rings. The number of carbonyl (C=O) groups is 1. The lowest BCUT2D eigenvalue weighted by atomic mass is 10.1. The molecule has 0 spiro atoms. The van der Waals surface area contributed by atoms with Crippen molar-refractivity contribution in [1.82, 2.24) is 0 Å². The molecule has 0 radical (unpaired) electrons. The average Bonchev–Trinajstić information content (AvgIpc) is 3.01. The number of allylic oxidation sites excluding steroid dienone is 4. The van der Waals surface area contributed by atoms with Gasteiger partial charge in [0.1, 0.15) is 6.10 Å². The van der Waals surface area contributed by atoms with Crippen molar-refractivity contribution in [2.75, 3.05) is 33.0 Å². The zero-order valence-corrected chi connectivity index (χ0v) is 29.3. The molecule has 0 saturated carbocycles. The lowest BCUT2D eigenvalue weighted by molar-refractivity contribution is -0.154. The quantitative estimate of drug-likeness (QED) is 0.0307. The fourth-order valence-corrected chi connectivity index (χ4v) is 5.48. The van der Waals surface area contributed by atoms with Crippen LogP contribution in [0.3, 0.4) is 0 Å². The van der Waals surface area contributed by atoms with Gasteiger partial charge in [-0.1, -0.05) is 134 Å². The molecule has 0 aromatic carbocycles. The fourth-order valence-electron chi connectivity index (χ4n) is 4.72. The van der Waals surface area contributed by atoms with Crippen molar-refractivity contribution in [2.24, 2.45) is 5.73 Å². The van der Waals surface area contributed by atoms with E-state index >= 15 is 0 Å². The number of esters is 1. The van der Waals surface area contributed by atoms with Crippen LogP contribution in [0.1, 0.15) is 155 Å². The maximum absolute atomic E-state index is 12.4. The number of hydrogen-bond acceptors (Lipinski definition) is 7. The van der Waals surface area contributed by atoms with Gasteiger partial charge in [0.2, 0.25) is 0 Å². The number of phosphoric acid groups is 1. The molecule has 0 heterocycles. The van der Waals surface area contributed by atoms with Gasteiger partial charge in [0, 0.05) is 19.6 Å². The Labute approximate surface area is 270 Å². The van der Waals surface area contributed by atoms with E-state index in [1.165, 1.54) is 89.9 Å². The molecule has 8 nitrogen and oxygen atoms in total. The number of ether oxygens (including phenoxy) is 2. The van der Waals surface area contributed by atoms with Crippen LogP contribution in [0.5, 0.6) is 0 Å². The first kappa shape index (κ1) is 43.0. The molecule has 0 amide bonds. The molecule has 0 rings (SSSR count). The molecule has 44 heavy (non-hydrogen) atoms. The molecule has 2 atom stereocenters. The standard InChI is InChI=1S/C35H68NO7P/c1-3-5-7-9-11-13-15-16-17-18-19-21-23-25-27-30-40-32-34(33-42-44(38,39)41-31-29-36)43-35(37)28-26-24-22-20-14-12-10-8-6-4-2/h9,11,15-16,34H,3-8,10,12-14,17-33,36H2,1-2H3,(H,38,39)/b11-9-,16-15-. The number of phosphoric ester groups is 1. The predicted octanol–water partition coefficient (Wildman–Crippen LogP) is 9.74. The lowest BCUT2D eigenvalue weighted by Crippen LogP contribution is -2.28. The van der Waals surface area contributed by atoms with Gasteiger partial charge in [0.05, 0.1) is 19.8 Å². The van der Waals surface area contributed by atoms with E-state index < -0.39 is 13.9 Å². The van der Waals surface area contributed by atoms with E-state index in [-0.39, 0.29) is 32.3 Å². The molecule has 0 aliphatic rings. The Morgan fingerprint density at radius 3 is 1.84 bits per heavy atom. The highest BCUT2D eigenvalue weighted by Gasteiger charge is 2.25. The van der Waals surface area contributed by atoms with Crippen molar-refractivity contribution in [2.45, 2.75) is 161 Å². The fraction of sp³-hybridized carbons (Fsp3) is 0.857. The Bertz CT molecular complexity index is 732. The van der Waals surface area contributed by atoms with Crippen LogP contribution in [0.15, 0.2) is 24.3 Å². The topological polar surface area (TPSA) is 117 Å². The summed E-state index contributed by atoms with van der Waals surface area (Å²) >= 11 is 0. The van der Waals surface area contributed by atoms with Gasteiger partial charge in [-0.05, 0) is 38.5 Å². The van der Waals surface area contributed by atoms with E-state index in [0.29, 0.717) is 13.0 Å². The monoisotopic (exact) mass is 645 g/mol. The van der Waals surface area contributed by atoms with Crippen LogP contribution >= 0.6 is 7.82 Å². The van der Waals surface area contributed by atoms with Crippen LogP contribution in [0.4, 0.5) is 0 Å². The second-order valence-electron chi connectivity index (χ2n) is 11.7. The first-order valence-electron chi connectivity index (χ1n) is 17.8. The Balaban J connectivity index is 4.11. The zero-order chi connectivity index (χ0) is 32.4. The van der Waals surface area contributed by atoms with Gasteiger partial charge < -0.3 is 20.1 Å². The van der Waals surface area contributed by atoms with Gasteiger partial charge in [-0.3, -0.25) is 13.8 Å². The first-order valence-corrected chi connectivity index (χ1v) is 19.3. The highest BCUT2D eigenvalue weighted by Crippen LogP contribution is 2.43. The maximum atomic E-state index is 12.4. The summed E-state index contributed by atoms with van der Waals surface area (Å²) in [5.74, 6) is -0.337. The van der Waals surface area contributed by atoms with Gasteiger partial charge >= 0.3 is 13.8 Å². The minimum Gasteiger partial charge on any atom is -0.457 e. The smallest absolute Gasteiger partial charge is 0.457 e. The van der Waals surface area contributed by atoms with Crippen LogP contribution in [0, 0.1) is 0 Å². The van der Waals surface area contributed by atoms with Gasteiger partial charge in [-0.25, -0.2) is 4.57 Å². The first-order chi connectivity index (χ1) is 21.4.